The van der Waals surface area contributed by atoms with E-state index in [0.717, 1.165) is 24.6 Å². The molecule has 4 rings (SSSR count). The number of ether oxygens (including phenoxy) is 1. The maximum atomic E-state index is 13.1. The lowest BCUT2D eigenvalue weighted by Crippen LogP contribution is -2.44. The predicted molar refractivity (Wildman–Crippen MR) is 103 cm³/mol. The molecule has 0 unspecified atom stereocenters. The Balaban J connectivity index is 1.44. The van der Waals surface area contributed by atoms with E-state index in [0.29, 0.717) is 32.1 Å². The fourth-order valence-electron chi connectivity index (χ4n) is 4.44. The van der Waals surface area contributed by atoms with Crippen molar-refractivity contribution in [3.63, 3.8) is 0 Å². The highest BCUT2D eigenvalue weighted by Gasteiger charge is 2.50. The number of hydrogen-bond donors (Lipinski definition) is 2. The minimum Gasteiger partial charge on any atom is -0.381 e. The Morgan fingerprint density at radius 1 is 1.26 bits per heavy atom. The molecule has 2 saturated heterocycles. The van der Waals surface area contributed by atoms with E-state index in [4.69, 9.17) is 4.74 Å². The number of nitrogens with zero attached hydrogens (tertiary/aromatic N) is 4. The lowest BCUT2D eigenvalue weighted by molar-refractivity contribution is -0.141. The lowest BCUT2D eigenvalue weighted by atomic mass is 9.72. The number of amides is 1. The van der Waals surface area contributed by atoms with E-state index in [-0.39, 0.29) is 36.2 Å². The molecule has 2 aliphatic heterocycles. The van der Waals surface area contributed by atoms with Gasteiger partial charge in [-0.2, -0.15) is 13.2 Å². The molecule has 2 aromatic rings. The third-order valence-corrected chi connectivity index (χ3v) is 6.09. The molecule has 8 nitrogen and oxygen atoms in total. The number of imidazole rings is 1. The first kappa shape index (κ1) is 21.7. The van der Waals surface area contributed by atoms with Crippen molar-refractivity contribution in [3.05, 3.63) is 41.5 Å². The van der Waals surface area contributed by atoms with Gasteiger partial charge in [-0.1, -0.05) is 0 Å². The number of aromatic nitrogens is 4. The molecule has 4 heterocycles. The zero-order valence-corrected chi connectivity index (χ0v) is 17.2. The second kappa shape index (κ2) is 8.54. The topological polar surface area (TPSA) is 96.0 Å². The second-order valence-electron chi connectivity index (χ2n) is 8.33. The summed E-state index contributed by atoms with van der Waals surface area (Å²) in [5, 5.41) is 2.94. The number of alkyl halides is 3. The molecule has 1 atom stereocenters. The van der Waals surface area contributed by atoms with Crippen LogP contribution >= 0.6 is 0 Å². The molecule has 1 amide bonds. The van der Waals surface area contributed by atoms with Gasteiger partial charge in [-0.15, -0.1) is 0 Å². The van der Waals surface area contributed by atoms with Crippen LogP contribution in [0.4, 0.5) is 13.2 Å². The Morgan fingerprint density at radius 3 is 2.61 bits per heavy atom. The SMILES string of the molecule is Cc1cnc(CNC(=O)[C@@H]2CN(Cc3ncc(C(F)(F)F)[nH]3)CC23CCOCC3)nc1. The van der Waals surface area contributed by atoms with E-state index in [1.807, 2.05) is 11.8 Å². The summed E-state index contributed by atoms with van der Waals surface area (Å²) in [5.41, 5.74) is -0.195. The van der Waals surface area contributed by atoms with Gasteiger partial charge in [0.1, 0.15) is 17.3 Å². The van der Waals surface area contributed by atoms with E-state index in [1.165, 1.54) is 0 Å². The van der Waals surface area contributed by atoms with Gasteiger partial charge in [0.05, 0.1) is 25.2 Å². The highest BCUT2D eigenvalue weighted by atomic mass is 19.4. The number of hydrogen-bond acceptors (Lipinski definition) is 6. The number of rotatable bonds is 5. The Hall–Kier alpha value is -2.53. The Bertz CT molecular complexity index is 908. The van der Waals surface area contributed by atoms with Gasteiger partial charge in [0, 0.05) is 44.1 Å². The first-order chi connectivity index (χ1) is 14.7. The van der Waals surface area contributed by atoms with Crippen molar-refractivity contribution in [2.45, 2.75) is 39.0 Å². The molecule has 0 aliphatic carbocycles. The fourth-order valence-corrected chi connectivity index (χ4v) is 4.44. The summed E-state index contributed by atoms with van der Waals surface area (Å²) < 4.78 is 44.1. The summed E-state index contributed by atoms with van der Waals surface area (Å²) in [7, 11) is 0. The normalized spacial score (nSPS) is 21.5. The first-order valence-corrected chi connectivity index (χ1v) is 10.2. The van der Waals surface area contributed by atoms with Crippen LogP contribution in [-0.2, 0) is 28.8 Å². The molecule has 2 aromatic heterocycles. The van der Waals surface area contributed by atoms with Crippen LogP contribution in [0.1, 0.15) is 35.7 Å². The highest BCUT2D eigenvalue weighted by Crippen LogP contribution is 2.44. The molecule has 31 heavy (non-hydrogen) atoms. The molecule has 0 radical (unpaired) electrons. The van der Waals surface area contributed by atoms with E-state index >= 15 is 0 Å². The number of aryl methyl sites for hydroxylation is 1. The molecule has 2 fully saturated rings. The Kier molecular flexibility index (Phi) is 5.98. The summed E-state index contributed by atoms with van der Waals surface area (Å²) in [4.78, 5) is 29.7. The number of H-pyrrole nitrogens is 1. The minimum atomic E-state index is -4.46. The van der Waals surface area contributed by atoms with Gasteiger partial charge in [0.25, 0.3) is 0 Å². The Labute approximate surface area is 177 Å². The lowest BCUT2D eigenvalue weighted by Gasteiger charge is -2.37. The number of halogens is 3. The quantitative estimate of drug-likeness (QED) is 0.742. The van der Waals surface area contributed by atoms with Crippen LogP contribution in [0.2, 0.25) is 0 Å². The van der Waals surface area contributed by atoms with Gasteiger partial charge in [-0.25, -0.2) is 15.0 Å². The van der Waals surface area contributed by atoms with Crippen LogP contribution in [0.15, 0.2) is 18.6 Å². The number of carbonyl (C=O) groups is 1. The molecule has 2 aliphatic rings. The summed E-state index contributed by atoms with van der Waals surface area (Å²) >= 11 is 0. The third-order valence-electron chi connectivity index (χ3n) is 6.09. The summed E-state index contributed by atoms with van der Waals surface area (Å²) in [6.45, 7) is 4.54. The summed E-state index contributed by atoms with van der Waals surface area (Å²) in [5.74, 6) is 0.386. The predicted octanol–water partition coefficient (Wildman–Crippen LogP) is 2.07. The van der Waals surface area contributed by atoms with Crippen LogP contribution < -0.4 is 5.32 Å². The van der Waals surface area contributed by atoms with Crippen molar-refractivity contribution in [1.29, 1.82) is 0 Å². The van der Waals surface area contributed by atoms with E-state index in [2.05, 4.69) is 25.3 Å². The van der Waals surface area contributed by atoms with Gasteiger partial charge < -0.3 is 15.0 Å². The highest BCUT2D eigenvalue weighted by molar-refractivity contribution is 5.80. The van der Waals surface area contributed by atoms with Crippen molar-refractivity contribution < 1.29 is 22.7 Å². The molecule has 0 aromatic carbocycles. The van der Waals surface area contributed by atoms with Gasteiger partial charge >= 0.3 is 6.18 Å². The van der Waals surface area contributed by atoms with Crippen LogP contribution in [0.25, 0.3) is 0 Å². The van der Waals surface area contributed by atoms with E-state index < -0.39 is 11.9 Å². The monoisotopic (exact) mass is 438 g/mol. The fraction of sp³-hybridized carbons (Fsp3) is 0.600. The van der Waals surface area contributed by atoms with Crippen molar-refractivity contribution in [2.75, 3.05) is 26.3 Å². The van der Waals surface area contributed by atoms with Gasteiger partial charge in [0.15, 0.2) is 0 Å². The first-order valence-electron chi connectivity index (χ1n) is 10.2. The zero-order valence-electron chi connectivity index (χ0n) is 17.2. The second-order valence-corrected chi connectivity index (χ2v) is 8.33. The summed E-state index contributed by atoms with van der Waals surface area (Å²) in [6.07, 6.45) is 1.21. The smallest absolute Gasteiger partial charge is 0.381 e. The third kappa shape index (κ3) is 4.87. The number of carbonyl (C=O) groups excluding carboxylic acids is 1. The van der Waals surface area contributed by atoms with Gasteiger partial charge in [0.2, 0.25) is 5.91 Å². The molecule has 0 saturated carbocycles. The van der Waals surface area contributed by atoms with Crippen molar-refractivity contribution >= 4 is 5.91 Å². The molecule has 11 heteroatoms. The standard InChI is InChI=1S/C20H25F3N6O2/c1-13-6-24-16(25-7-13)9-27-18(30)14-10-29(12-19(14)2-4-31-5-3-19)11-17-26-8-15(28-17)20(21,22)23/h6-8,14H,2-5,9-12H2,1H3,(H,26,28)(H,27,30)/t14-/m0/s1. The number of aromatic amines is 1. The summed E-state index contributed by atoms with van der Waals surface area (Å²) in [6, 6.07) is 0. The number of nitrogens with one attached hydrogen (secondary N) is 2. The average molecular weight is 438 g/mol. The Morgan fingerprint density at radius 2 is 1.97 bits per heavy atom. The maximum absolute atomic E-state index is 13.1. The van der Waals surface area contributed by atoms with Crippen LogP contribution in [0, 0.1) is 18.3 Å². The molecule has 168 valence electrons. The van der Waals surface area contributed by atoms with Crippen LogP contribution in [0.5, 0.6) is 0 Å². The van der Waals surface area contributed by atoms with Crippen molar-refractivity contribution in [1.82, 2.24) is 30.2 Å². The molecule has 0 bridgehead atoms. The number of likely N-dealkylation sites (tertiary alicyclic amines) is 1. The molecule has 1 spiro atoms. The largest absolute Gasteiger partial charge is 0.432 e. The molecular formula is C20H25F3N6O2. The van der Waals surface area contributed by atoms with E-state index in [9.17, 15) is 18.0 Å². The molecular weight excluding hydrogens is 413 g/mol. The van der Waals surface area contributed by atoms with Crippen molar-refractivity contribution in [3.8, 4) is 0 Å². The zero-order chi connectivity index (χ0) is 22.1. The minimum absolute atomic E-state index is 0.0935. The van der Waals surface area contributed by atoms with Crippen LogP contribution in [-0.4, -0.2) is 57.0 Å². The van der Waals surface area contributed by atoms with Crippen LogP contribution in [0.3, 0.4) is 0 Å². The van der Waals surface area contributed by atoms with Gasteiger partial charge in [-0.3, -0.25) is 9.69 Å². The average Bonchev–Trinajstić information content (AvgIpc) is 3.33. The molecule has 2 N–H and O–H groups in total. The maximum Gasteiger partial charge on any atom is 0.432 e. The van der Waals surface area contributed by atoms with Crippen molar-refractivity contribution in [2.24, 2.45) is 11.3 Å². The van der Waals surface area contributed by atoms with E-state index in [1.54, 1.807) is 12.4 Å². The van der Waals surface area contributed by atoms with Gasteiger partial charge in [-0.05, 0) is 25.3 Å².